The molecule has 0 amide bonds. The molecule has 0 aliphatic rings. The first kappa shape index (κ1) is 15.1. The minimum Gasteiger partial charge on any atom is -0.389 e. The maximum absolute atomic E-state index is 12.0. The number of aliphatic hydroxyl groups is 1. The molecule has 18 heavy (non-hydrogen) atoms. The van der Waals surface area contributed by atoms with Gasteiger partial charge in [-0.15, -0.1) is 0 Å². The number of aromatic amines is 1. The van der Waals surface area contributed by atoms with Gasteiger partial charge < -0.3 is 5.11 Å². The molecule has 0 aromatic carbocycles. The zero-order chi connectivity index (χ0) is 14.0. The quantitative estimate of drug-likeness (QED) is 0.715. The summed E-state index contributed by atoms with van der Waals surface area (Å²) in [5.41, 5.74) is -0.579. The van der Waals surface area contributed by atoms with Crippen LogP contribution in [0.4, 0.5) is 0 Å². The Labute approximate surface area is 108 Å². The summed E-state index contributed by atoms with van der Waals surface area (Å²) in [6.07, 6.45) is 1.79. The summed E-state index contributed by atoms with van der Waals surface area (Å²) in [6.45, 7) is 7.19. The van der Waals surface area contributed by atoms with E-state index in [1.54, 1.807) is 13.8 Å². The molecule has 1 heterocycles. The second-order valence-corrected chi connectivity index (χ2v) is 7.01. The molecule has 0 spiro atoms. The van der Waals surface area contributed by atoms with E-state index in [9.17, 15) is 13.5 Å². The molecule has 1 aromatic rings. The van der Waals surface area contributed by atoms with Gasteiger partial charge in [-0.05, 0) is 26.2 Å². The van der Waals surface area contributed by atoms with E-state index in [4.69, 9.17) is 0 Å². The van der Waals surface area contributed by atoms with Crippen molar-refractivity contribution in [1.29, 1.82) is 0 Å². The number of H-pyrrole nitrogens is 1. The molecule has 7 heteroatoms. The van der Waals surface area contributed by atoms with Crippen LogP contribution in [0.1, 0.15) is 32.9 Å². The summed E-state index contributed by atoms with van der Waals surface area (Å²) in [5, 5.41) is 16.3. The topological polar surface area (TPSA) is 95.1 Å². The third-order valence-electron chi connectivity index (χ3n) is 2.56. The Balaban J connectivity index is 2.72. The fourth-order valence-electron chi connectivity index (χ4n) is 1.89. The van der Waals surface area contributed by atoms with Gasteiger partial charge in [-0.1, -0.05) is 13.8 Å². The number of aromatic nitrogens is 2. The van der Waals surface area contributed by atoms with E-state index >= 15 is 0 Å². The number of rotatable bonds is 6. The molecule has 0 saturated carbocycles. The predicted molar refractivity (Wildman–Crippen MR) is 68.6 cm³/mol. The van der Waals surface area contributed by atoms with Gasteiger partial charge in [0.05, 0.1) is 17.5 Å². The molecule has 0 bridgehead atoms. The number of hydrogen-bond acceptors (Lipinski definition) is 4. The highest BCUT2D eigenvalue weighted by Gasteiger charge is 2.26. The van der Waals surface area contributed by atoms with E-state index in [1.165, 1.54) is 6.20 Å². The van der Waals surface area contributed by atoms with E-state index in [0.717, 1.165) is 0 Å². The molecule has 1 aromatic heterocycles. The van der Waals surface area contributed by atoms with Crippen LogP contribution in [-0.4, -0.2) is 35.9 Å². The van der Waals surface area contributed by atoms with Crippen LogP contribution in [0.3, 0.4) is 0 Å². The van der Waals surface area contributed by atoms with E-state index < -0.39 is 15.6 Å². The Bertz CT molecular complexity index is 491. The minimum atomic E-state index is -3.62. The van der Waals surface area contributed by atoms with E-state index in [1.807, 2.05) is 13.8 Å². The van der Waals surface area contributed by atoms with Crippen molar-refractivity contribution in [3.8, 4) is 0 Å². The first-order chi connectivity index (χ1) is 8.14. The minimum absolute atomic E-state index is 0.0157. The van der Waals surface area contributed by atoms with Crippen molar-refractivity contribution in [2.75, 3.05) is 6.54 Å². The molecule has 0 radical (unpaired) electrons. The summed E-state index contributed by atoms with van der Waals surface area (Å²) in [6, 6.07) is 0. The standard InChI is InChI=1S/C11H21N3O3S/c1-8(2)5-11(4,15)7-13-18(16,17)10-6-12-14-9(10)3/h6,8,13,15H,5,7H2,1-4H3,(H,12,14). The van der Waals surface area contributed by atoms with E-state index in [2.05, 4.69) is 14.9 Å². The van der Waals surface area contributed by atoms with Gasteiger partial charge in [0.25, 0.3) is 0 Å². The van der Waals surface area contributed by atoms with Crippen LogP contribution < -0.4 is 4.72 Å². The largest absolute Gasteiger partial charge is 0.389 e. The highest BCUT2D eigenvalue weighted by atomic mass is 32.2. The van der Waals surface area contributed by atoms with Crippen molar-refractivity contribution < 1.29 is 13.5 Å². The monoisotopic (exact) mass is 275 g/mol. The van der Waals surface area contributed by atoms with Crippen molar-refractivity contribution in [2.24, 2.45) is 5.92 Å². The highest BCUT2D eigenvalue weighted by Crippen LogP contribution is 2.17. The molecule has 1 unspecified atom stereocenters. The summed E-state index contributed by atoms with van der Waals surface area (Å²) in [7, 11) is -3.62. The summed E-state index contributed by atoms with van der Waals surface area (Å²) in [4.78, 5) is 0.114. The lowest BCUT2D eigenvalue weighted by Gasteiger charge is -2.25. The maximum atomic E-state index is 12.0. The Morgan fingerprint density at radius 2 is 2.17 bits per heavy atom. The number of nitrogens with zero attached hydrogens (tertiary/aromatic N) is 1. The van der Waals surface area contributed by atoms with Gasteiger partial charge in [0, 0.05) is 6.54 Å². The molecular weight excluding hydrogens is 254 g/mol. The summed E-state index contributed by atoms with van der Waals surface area (Å²) >= 11 is 0. The third kappa shape index (κ3) is 4.08. The van der Waals surface area contributed by atoms with E-state index in [-0.39, 0.29) is 11.4 Å². The van der Waals surface area contributed by atoms with Crippen molar-refractivity contribution in [1.82, 2.24) is 14.9 Å². The Kier molecular flexibility index (Phi) is 4.52. The second kappa shape index (κ2) is 5.38. The first-order valence-corrected chi connectivity index (χ1v) is 7.34. The normalized spacial score (nSPS) is 15.9. The average molecular weight is 275 g/mol. The summed E-state index contributed by atoms with van der Waals surface area (Å²) in [5.74, 6) is 0.292. The van der Waals surface area contributed by atoms with Crippen LogP contribution >= 0.6 is 0 Å². The zero-order valence-corrected chi connectivity index (χ0v) is 12.0. The SMILES string of the molecule is Cc1[nH]ncc1S(=O)(=O)NCC(C)(O)CC(C)C. The lowest BCUT2D eigenvalue weighted by Crippen LogP contribution is -2.41. The molecule has 1 atom stereocenters. The molecule has 104 valence electrons. The van der Waals surface area contributed by atoms with Crippen LogP contribution in [0.2, 0.25) is 0 Å². The van der Waals surface area contributed by atoms with Crippen LogP contribution in [0, 0.1) is 12.8 Å². The number of nitrogens with one attached hydrogen (secondary N) is 2. The van der Waals surface area contributed by atoms with E-state index in [0.29, 0.717) is 18.0 Å². The van der Waals surface area contributed by atoms with Gasteiger partial charge in [-0.2, -0.15) is 5.10 Å². The van der Waals surface area contributed by atoms with Crippen molar-refractivity contribution in [3.05, 3.63) is 11.9 Å². The van der Waals surface area contributed by atoms with Gasteiger partial charge in [-0.3, -0.25) is 5.10 Å². The lowest BCUT2D eigenvalue weighted by molar-refractivity contribution is 0.0436. The fraction of sp³-hybridized carbons (Fsp3) is 0.727. The molecule has 3 N–H and O–H groups in total. The number of hydrogen-bond donors (Lipinski definition) is 3. The molecular formula is C11H21N3O3S. The zero-order valence-electron chi connectivity index (χ0n) is 11.2. The van der Waals surface area contributed by atoms with Gasteiger partial charge >= 0.3 is 0 Å². The third-order valence-corrected chi connectivity index (χ3v) is 4.08. The van der Waals surface area contributed by atoms with Gasteiger partial charge in [0.15, 0.2) is 0 Å². The Morgan fingerprint density at radius 3 is 2.61 bits per heavy atom. The molecule has 0 aliphatic heterocycles. The molecule has 1 rings (SSSR count). The smallest absolute Gasteiger partial charge is 0.244 e. The van der Waals surface area contributed by atoms with Crippen LogP contribution in [0.5, 0.6) is 0 Å². The van der Waals surface area contributed by atoms with Gasteiger partial charge in [0.2, 0.25) is 10.0 Å². The van der Waals surface area contributed by atoms with Crippen molar-refractivity contribution >= 4 is 10.0 Å². The van der Waals surface area contributed by atoms with Crippen molar-refractivity contribution in [3.63, 3.8) is 0 Å². The Hall–Kier alpha value is -0.920. The molecule has 0 saturated heterocycles. The second-order valence-electron chi connectivity index (χ2n) is 5.28. The van der Waals surface area contributed by atoms with Crippen LogP contribution in [-0.2, 0) is 10.0 Å². The van der Waals surface area contributed by atoms with Crippen LogP contribution in [0.15, 0.2) is 11.1 Å². The maximum Gasteiger partial charge on any atom is 0.244 e. The van der Waals surface area contributed by atoms with Gasteiger partial charge in [-0.25, -0.2) is 13.1 Å². The fourth-order valence-corrected chi connectivity index (χ4v) is 3.19. The van der Waals surface area contributed by atoms with Crippen LogP contribution in [0.25, 0.3) is 0 Å². The molecule has 0 fully saturated rings. The Morgan fingerprint density at radius 1 is 1.56 bits per heavy atom. The molecule has 6 nitrogen and oxygen atoms in total. The predicted octanol–water partition coefficient (Wildman–Crippen LogP) is 0.794. The summed E-state index contributed by atoms with van der Waals surface area (Å²) < 4.78 is 26.3. The highest BCUT2D eigenvalue weighted by molar-refractivity contribution is 7.89. The lowest BCUT2D eigenvalue weighted by atomic mass is 9.95. The van der Waals surface area contributed by atoms with Gasteiger partial charge in [0.1, 0.15) is 4.90 Å². The molecule has 0 aliphatic carbocycles. The first-order valence-electron chi connectivity index (χ1n) is 5.86. The number of sulfonamides is 1. The number of aryl methyl sites for hydroxylation is 1. The van der Waals surface area contributed by atoms with Crippen molar-refractivity contribution in [2.45, 2.75) is 44.6 Å². The average Bonchev–Trinajstić information content (AvgIpc) is 2.61.